The first kappa shape index (κ1) is 27.5. The Balaban J connectivity index is 1.85. The molecule has 6 heteroatoms. The van der Waals surface area contributed by atoms with Gasteiger partial charge in [0.15, 0.2) is 0 Å². The Kier molecular flexibility index (Phi) is 9.32. The predicted molar refractivity (Wildman–Crippen MR) is 153 cm³/mol. The van der Waals surface area contributed by atoms with E-state index in [2.05, 4.69) is 84.3 Å². The van der Waals surface area contributed by atoms with Crippen LogP contribution in [0.25, 0.3) is 5.57 Å². The summed E-state index contributed by atoms with van der Waals surface area (Å²) in [6, 6.07) is 13.0. The van der Waals surface area contributed by atoms with E-state index in [0.29, 0.717) is 12.0 Å². The molecule has 194 valence electrons. The van der Waals surface area contributed by atoms with Gasteiger partial charge in [0.05, 0.1) is 6.04 Å². The van der Waals surface area contributed by atoms with E-state index in [1.807, 2.05) is 13.8 Å². The van der Waals surface area contributed by atoms with Gasteiger partial charge >= 0.3 is 0 Å². The molecule has 0 aliphatic carbocycles. The van der Waals surface area contributed by atoms with Gasteiger partial charge in [0.2, 0.25) is 0 Å². The molecule has 2 aromatic carbocycles. The number of amides is 1. The zero-order valence-corrected chi connectivity index (χ0v) is 23.0. The lowest BCUT2D eigenvalue weighted by atomic mass is 9.92. The van der Waals surface area contributed by atoms with Crippen LogP contribution in [-0.2, 0) is 0 Å². The molecule has 1 saturated heterocycles. The van der Waals surface area contributed by atoms with Crippen molar-refractivity contribution in [3.63, 3.8) is 0 Å². The molecular formula is C30H43N5O. The van der Waals surface area contributed by atoms with Crippen LogP contribution >= 0.6 is 0 Å². The second-order valence-electron chi connectivity index (χ2n) is 10.2. The Morgan fingerprint density at radius 1 is 1.17 bits per heavy atom. The van der Waals surface area contributed by atoms with E-state index in [4.69, 9.17) is 5.73 Å². The highest BCUT2D eigenvalue weighted by Gasteiger charge is 2.24. The van der Waals surface area contributed by atoms with E-state index in [0.717, 1.165) is 59.6 Å². The summed E-state index contributed by atoms with van der Waals surface area (Å²) in [5, 5.41) is 3.24. The molecule has 3 rings (SSSR count). The standard InChI is InChI=1S/C30H43N5O/c1-8-27-19-35(12-11-34(27)7)28-10-9-21(4)29(16-28)30(36)33-22(5)24-13-23(20(2)3)14-25(15-24)26(17-31)18-32-6/h9-10,13-18,20,22,27H,8,11-12,19,31H2,1-7H3,(H,33,36)/t22-,27+/m1/s1. The molecule has 1 aliphatic heterocycles. The predicted octanol–water partition coefficient (Wildman–Crippen LogP) is 5.14. The fourth-order valence-electron chi connectivity index (χ4n) is 4.81. The minimum absolute atomic E-state index is 0.0516. The third kappa shape index (κ3) is 6.35. The van der Waals surface area contributed by atoms with Crippen LogP contribution in [0.3, 0.4) is 0 Å². The van der Waals surface area contributed by atoms with Crippen molar-refractivity contribution in [1.82, 2.24) is 10.2 Å². The Hall–Kier alpha value is -3.12. The van der Waals surface area contributed by atoms with Crippen LogP contribution in [-0.4, -0.2) is 56.8 Å². The van der Waals surface area contributed by atoms with E-state index < -0.39 is 0 Å². The van der Waals surface area contributed by atoms with Crippen LogP contribution in [0.1, 0.15) is 78.7 Å². The topological polar surface area (TPSA) is 74.0 Å². The van der Waals surface area contributed by atoms with E-state index >= 15 is 0 Å². The van der Waals surface area contributed by atoms with Gasteiger partial charge in [0.1, 0.15) is 0 Å². The highest BCUT2D eigenvalue weighted by molar-refractivity contribution is 6.09. The Bertz CT molecular complexity index is 1120. The molecular weight excluding hydrogens is 446 g/mol. The number of allylic oxidation sites excluding steroid dienone is 1. The molecule has 1 aliphatic rings. The largest absolute Gasteiger partial charge is 0.404 e. The summed E-state index contributed by atoms with van der Waals surface area (Å²) >= 11 is 0. The van der Waals surface area contributed by atoms with Gasteiger partial charge in [-0.15, -0.1) is 0 Å². The van der Waals surface area contributed by atoms with Crippen molar-refractivity contribution in [2.45, 2.75) is 59.0 Å². The number of carbonyl (C=O) groups is 1. The Morgan fingerprint density at radius 2 is 1.89 bits per heavy atom. The van der Waals surface area contributed by atoms with Gasteiger partial charge < -0.3 is 16.0 Å². The monoisotopic (exact) mass is 489 g/mol. The average molecular weight is 490 g/mol. The molecule has 0 aromatic heterocycles. The fourth-order valence-corrected chi connectivity index (χ4v) is 4.81. The number of likely N-dealkylation sites (N-methyl/N-ethyl adjacent to an activating group) is 1. The first-order valence-corrected chi connectivity index (χ1v) is 13.0. The van der Waals surface area contributed by atoms with Crippen LogP contribution in [0.4, 0.5) is 5.69 Å². The maximum absolute atomic E-state index is 13.5. The van der Waals surface area contributed by atoms with Crippen LogP contribution in [0.15, 0.2) is 47.6 Å². The van der Waals surface area contributed by atoms with Gasteiger partial charge in [-0.25, -0.2) is 0 Å². The lowest BCUT2D eigenvalue weighted by molar-refractivity contribution is 0.0939. The zero-order chi connectivity index (χ0) is 26.4. The summed E-state index contributed by atoms with van der Waals surface area (Å²) in [6.45, 7) is 13.6. The summed E-state index contributed by atoms with van der Waals surface area (Å²) < 4.78 is 0. The number of nitrogens with two attached hydrogens (primary N) is 1. The normalized spacial score (nSPS) is 18.2. The van der Waals surface area contributed by atoms with Gasteiger partial charge in [0, 0.05) is 62.0 Å². The molecule has 2 atom stereocenters. The molecule has 0 bridgehead atoms. The van der Waals surface area contributed by atoms with E-state index in [-0.39, 0.29) is 11.9 Å². The molecule has 0 radical (unpaired) electrons. The molecule has 0 spiro atoms. The molecule has 1 fully saturated rings. The third-order valence-electron chi connectivity index (χ3n) is 7.35. The minimum Gasteiger partial charge on any atom is -0.404 e. The van der Waals surface area contributed by atoms with Crippen molar-refractivity contribution >= 4 is 23.4 Å². The Labute approximate surface area is 217 Å². The van der Waals surface area contributed by atoms with Crippen LogP contribution in [0.2, 0.25) is 0 Å². The zero-order valence-electron chi connectivity index (χ0n) is 23.0. The average Bonchev–Trinajstić information content (AvgIpc) is 2.87. The van der Waals surface area contributed by atoms with Crippen molar-refractivity contribution in [2.24, 2.45) is 10.7 Å². The number of anilines is 1. The molecule has 3 N–H and O–H groups in total. The van der Waals surface area contributed by atoms with Gasteiger partial charge in [-0.1, -0.05) is 39.0 Å². The number of hydrogen-bond donors (Lipinski definition) is 2. The number of aryl methyl sites for hydroxylation is 1. The van der Waals surface area contributed by atoms with Gasteiger partial charge in [0.25, 0.3) is 5.91 Å². The summed E-state index contributed by atoms with van der Waals surface area (Å²) in [4.78, 5) is 22.4. The van der Waals surface area contributed by atoms with Crippen LogP contribution in [0, 0.1) is 6.92 Å². The number of nitrogens with zero attached hydrogens (tertiary/aromatic N) is 3. The molecule has 1 amide bonds. The lowest BCUT2D eigenvalue weighted by Crippen LogP contribution is -2.51. The number of aliphatic imine (C=N–C) groups is 1. The second kappa shape index (κ2) is 12.2. The highest BCUT2D eigenvalue weighted by Crippen LogP contribution is 2.27. The minimum atomic E-state index is -0.163. The van der Waals surface area contributed by atoms with Gasteiger partial charge in [-0.05, 0) is 73.7 Å². The summed E-state index contributed by atoms with van der Waals surface area (Å²) in [5.74, 6) is 0.294. The van der Waals surface area contributed by atoms with E-state index in [1.165, 1.54) is 5.56 Å². The second-order valence-corrected chi connectivity index (χ2v) is 10.2. The van der Waals surface area contributed by atoms with E-state index in [9.17, 15) is 4.79 Å². The Morgan fingerprint density at radius 3 is 2.53 bits per heavy atom. The van der Waals surface area contributed by atoms with Crippen molar-refractivity contribution in [2.75, 3.05) is 38.6 Å². The first-order valence-electron chi connectivity index (χ1n) is 13.0. The van der Waals surface area contributed by atoms with Crippen LogP contribution < -0.4 is 16.0 Å². The summed E-state index contributed by atoms with van der Waals surface area (Å²) in [5.41, 5.74) is 12.8. The smallest absolute Gasteiger partial charge is 0.252 e. The maximum atomic E-state index is 13.5. The highest BCUT2D eigenvalue weighted by atomic mass is 16.1. The molecule has 0 saturated carbocycles. The molecule has 2 aromatic rings. The van der Waals surface area contributed by atoms with Crippen LogP contribution in [0.5, 0.6) is 0 Å². The van der Waals surface area contributed by atoms with Crippen molar-refractivity contribution < 1.29 is 4.79 Å². The van der Waals surface area contributed by atoms with Crippen molar-refractivity contribution in [3.05, 3.63) is 70.4 Å². The number of benzene rings is 2. The molecule has 0 unspecified atom stereocenters. The number of nitrogens with one attached hydrogen (secondary N) is 1. The fraction of sp³-hybridized carbons (Fsp3) is 0.467. The lowest BCUT2D eigenvalue weighted by Gasteiger charge is -2.40. The maximum Gasteiger partial charge on any atom is 0.252 e. The third-order valence-corrected chi connectivity index (χ3v) is 7.35. The van der Waals surface area contributed by atoms with E-state index in [1.54, 1.807) is 19.5 Å². The summed E-state index contributed by atoms with van der Waals surface area (Å²) in [7, 11) is 3.93. The van der Waals surface area contributed by atoms with Crippen molar-refractivity contribution in [3.8, 4) is 0 Å². The molecule has 36 heavy (non-hydrogen) atoms. The molecule has 6 nitrogen and oxygen atoms in total. The number of piperazine rings is 1. The number of hydrogen-bond acceptors (Lipinski definition) is 5. The SMILES string of the molecule is CC[C@H]1CN(c2ccc(C)c(C(=O)N[C@H](C)c3cc(C(C=NC)=CN)cc(C(C)C)c3)c2)CCN1C. The quantitative estimate of drug-likeness (QED) is 0.504. The van der Waals surface area contributed by atoms with Crippen molar-refractivity contribution in [1.29, 1.82) is 0 Å². The number of rotatable bonds is 8. The number of carbonyl (C=O) groups excluding carboxylic acids is 1. The van der Waals surface area contributed by atoms with Gasteiger partial charge in [-0.2, -0.15) is 0 Å². The van der Waals surface area contributed by atoms with Gasteiger partial charge in [-0.3, -0.25) is 14.7 Å². The molecule has 1 heterocycles. The summed E-state index contributed by atoms with van der Waals surface area (Å²) in [6.07, 6.45) is 4.46. The first-order chi connectivity index (χ1) is 17.2.